The number of carbonyl (C=O) groups excluding carboxylic acids is 1. The Bertz CT molecular complexity index is 988. The van der Waals surface area contributed by atoms with Gasteiger partial charge in [0.2, 0.25) is 5.88 Å². The van der Waals surface area contributed by atoms with Gasteiger partial charge in [-0.15, -0.1) is 5.10 Å². The summed E-state index contributed by atoms with van der Waals surface area (Å²) in [5.74, 6) is 0.873. The molecule has 2 aromatic heterocycles. The largest absolute Gasteiger partial charge is 0.481 e. The van der Waals surface area contributed by atoms with E-state index in [0.717, 1.165) is 24.5 Å². The predicted molar refractivity (Wildman–Crippen MR) is 114 cm³/mol. The molecule has 0 aliphatic carbocycles. The van der Waals surface area contributed by atoms with Gasteiger partial charge in [-0.05, 0) is 30.3 Å². The average molecular weight is 406 g/mol. The van der Waals surface area contributed by atoms with E-state index in [1.807, 2.05) is 30.3 Å². The first kappa shape index (κ1) is 19.6. The summed E-state index contributed by atoms with van der Waals surface area (Å²) in [4.78, 5) is 18.6. The lowest BCUT2D eigenvalue weighted by atomic mass is 10.2. The molecular weight excluding hydrogens is 384 g/mol. The maximum Gasteiger partial charge on any atom is 0.257 e. The number of carbonyl (C=O) groups is 1. The van der Waals surface area contributed by atoms with E-state index in [4.69, 9.17) is 9.47 Å². The molecule has 1 amide bonds. The minimum atomic E-state index is -0.241. The number of anilines is 4. The number of ether oxygens (including phenoxy) is 2. The van der Waals surface area contributed by atoms with Crippen LogP contribution in [0.15, 0.2) is 54.9 Å². The molecule has 0 spiro atoms. The quantitative estimate of drug-likeness (QED) is 0.644. The van der Waals surface area contributed by atoms with E-state index >= 15 is 0 Å². The van der Waals surface area contributed by atoms with Crippen LogP contribution in [0.3, 0.4) is 0 Å². The Kier molecular flexibility index (Phi) is 6.00. The molecule has 0 atom stereocenters. The normalized spacial score (nSPS) is 13.6. The van der Waals surface area contributed by atoms with E-state index in [-0.39, 0.29) is 5.91 Å². The van der Waals surface area contributed by atoms with Crippen LogP contribution in [0.5, 0.6) is 5.88 Å². The second-order valence-electron chi connectivity index (χ2n) is 6.64. The van der Waals surface area contributed by atoms with Crippen LogP contribution in [0.1, 0.15) is 10.4 Å². The van der Waals surface area contributed by atoms with Gasteiger partial charge in [0.1, 0.15) is 0 Å². The Labute approximate surface area is 174 Å². The lowest BCUT2D eigenvalue weighted by molar-refractivity contribution is 0.102. The van der Waals surface area contributed by atoms with Crippen molar-refractivity contribution >= 4 is 28.8 Å². The van der Waals surface area contributed by atoms with E-state index in [1.54, 1.807) is 18.3 Å². The van der Waals surface area contributed by atoms with E-state index in [9.17, 15) is 4.79 Å². The summed E-state index contributed by atoms with van der Waals surface area (Å²) < 4.78 is 10.4. The van der Waals surface area contributed by atoms with Gasteiger partial charge in [-0.25, -0.2) is 4.98 Å². The van der Waals surface area contributed by atoms with Gasteiger partial charge in [-0.3, -0.25) is 4.79 Å². The average Bonchev–Trinajstić information content (AvgIpc) is 2.81. The first-order valence-electron chi connectivity index (χ1n) is 9.55. The molecule has 1 aliphatic rings. The number of benzene rings is 1. The number of aromatic nitrogens is 3. The molecule has 9 nitrogen and oxygen atoms in total. The molecule has 9 heteroatoms. The van der Waals surface area contributed by atoms with Crippen LogP contribution in [0.2, 0.25) is 0 Å². The number of morpholine rings is 1. The van der Waals surface area contributed by atoms with Crippen molar-refractivity contribution in [2.24, 2.45) is 0 Å². The highest BCUT2D eigenvalue weighted by Crippen LogP contribution is 2.22. The molecule has 2 N–H and O–H groups in total. The monoisotopic (exact) mass is 406 g/mol. The third kappa shape index (κ3) is 4.81. The second-order valence-corrected chi connectivity index (χ2v) is 6.64. The van der Waals surface area contributed by atoms with Crippen LogP contribution in [0.4, 0.5) is 22.9 Å². The number of amides is 1. The van der Waals surface area contributed by atoms with Crippen molar-refractivity contribution in [3.63, 3.8) is 0 Å². The SMILES string of the molecule is COc1ccc(C(=O)Nc2ccc(Nc3cc(N4CCOCC4)cnn3)cc2)cn1. The van der Waals surface area contributed by atoms with Gasteiger partial charge in [0, 0.05) is 42.8 Å². The van der Waals surface area contributed by atoms with Crippen LogP contribution in [0, 0.1) is 0 Å². The molecule has 0 saturated carbocycles. The van der Waals surface area contributed by atoms with Gasteiger partial charge in [0.25, 0.3) is 5.91 Å². The Morgan fingerprint density at radius 1 is 1.07 bits per heavy atom. The molecule has 0 unspecified atom stereocenters. The molecule has 3 aromatic rings. The topological polar surface area (TPSA) is 102 Å². The van der Waals surface area contributed by atoms with Gasteiger partial charge in [-0.2, -0.15) is 5.10 Å². The van der Waals surface area contributed by atoms with E-state index < -0.39 is 0 Å². The number of hydrogen-bond donors (Lipinski definition) is 2. The standard InChI is InChI=1S/C21H22N6O3/c1-29-20-7-2-15(13-22-20)21(28)25-17-5-3-16(4-6-17)24-19-12-18(14-23-26-19)27-8-10-30-11-9-27/h2-7,12-14H,8-11H2,1H3,(H,24,26)(H,25,28). The molecule has 0 radical (unpaired) electrons. The molecular formula is C21H22N6O3. The van der Waals surface area contributed by atoms with Crippen molar-refractivity contribution < 1.29 is 14.3 Å². The number of pyridine rings is 1. The van der Waals surface area contributed by atoms with Crippen LogP contribution >= 0.6 is 0 Å². The molecule has 0 bridgehead atoms. The van der Waals surface area contributed by atoms with E-state index in [2.05, 4.69) is 30.7 Å². The molecule has 3 heterocycles. The number of hydrogen-bond acceptors (Lipinski definition) is 8. The predicted octanol–water partition coefficient (Wildman–Crippen LogP) is 2.71. The summed E-state index contributed by atoms with van der Waals surface area (Å²) in [6.07, 6.45) is 3.23. The first-order valence-corrected chi connectivity index (χ1v) is 9.55. The zero-order valence-corrected chi connectivity index (χ0v) is 16.5. The van der Waals surface area contributed by atoms with Gasteiger partial charge in [0.05, 0.1) is 37.8 Å². The van der Waals surface area contributed by atoms with Crippen molar-refractivity contribution in [2.75, 3.05) is 48.9 Å². The van der Waals surface area contributed by atoms with Crippen molar-refractivity contribution in [1.82, 2.24) is 15.2 Å². The Morgan fingerprint density at radius 2 is 1.83 bits per heavy atom. The first-order chi connectivity index (χ1) is 14.7. The number of nitrogens with zero attached hydrogens (tertiary/aromatic N) is 4. The zero-order valence-electron chi connectivity index (χ0n) is 16.5. The second kappa shape index (κ2) is 9.19. The van der Waals surface area contributed by atoms with Crippen LogP contribution in [0.25, 0.3) is 0 Å². The Morgan fingerprint density at radius 3 is 2.53 bits per heavy atom. The maximum absolute atomic E-state index is 12.3. The summed E-state index contributed by atoms with van der Waals surface area (Å²) in [6, 6.07) is 12.6. The highest BCUT2D eigenvalue weighted by molar-refractivity contribution is 6.04. The fourth-order valence-corrected chi connectivity index (χ4v) is 3.04. The Hall–Kier alpha value is -3.72. The summed E-state index contributed by atoms with van der Waals surface area (Å²) in [5, 5.41) is 14.3. The summed E-state index contributed by atoms with van der Waals surface area (Å²) in [7, 11) is 1.53. The van der Waals surface area contributed by atoms with Crippen molar-refractivity contribution in [2.45, 2.75) is 0 Å². The number of nitrogens with one attached hydrogen (secondary N) is 2. The number of rotatable bonds is 6. The third-order valence-corrected chi connectivity index (χ3v) is 4.64. The van der Waals surface area contributed by atoms with Gasteiger partial charge < -0.3 is 25.0 Å². The fraction of sp³-hybridized carbons (Fsp3) is 0.238. The van der Waals surface area contributed by atoms with Crippen molar-refractivity contribution in [3.8, 4) is 5.88 Å². The molecule has 1 aliphatic heterocycles. The lowest BCUT2D eigenvalue weighted by Crippen LogP contribution is -2.36. The minimum absolute atomic E-state index is 0.241. The van der Waals surface area contributed by atoms with Gasteiger partial charge >= 0.3 is 0 Å². The van der Waals surface area contributed by atoms with Crippen LogP contribution in [-0.4, -0.2) is 54.5 Å². The molecule has 1 fully saturated rings. The summed E-state index contributed by atoms with van der Waals surface area (Å²) in [6.45, 7) is 3.10. The highest BCUT2D eigenvalue weighted by Gasteiger charge is 2.12. The molecule has 154 valence electrons. The highest BCUT2D eigenvalue weighted by atomic mass is 16.5. The molecule has 1 aromatic carbocycles. The van der Waals surface area contributed by atoms with Crippen LogP contribution < -0.4 is 20.3 Å². The van der Waals surface area contributed by atoms with Gasteiger partial charge in [-0.1, -0.05) is 0 Å². The Balaban J connectivity index is 1.38. The zero-order chi connectivity index (χ0) is 20.8. The molecule has 4 rings (SSSR count). The fourth-order valence-electron chi connectivity index (χ4n) is 3.04. The maximum atomic E-state index is 12.3. The van der Waals surface area contributed by atoms with Crippen molar-refractivity contribution in [1.29, 1.82) is 0 Å². The van der Waals surface area contributed by atoms with E-state index in [0.29, 0.717) is 36.2 Å². The third-order valence-electron chi connectivity index (χ3n) is 4.64. The van der Waals surface area contributed by atoms with Crippen molar-refractivity contribution in [3.05, 3.63) is 60.4 Å². The summed E-state index contributed by atoms with van der Waals surface area (Å²) >= 11 is 0. The van der Waals surface area contributed by atoms with Crippen LogP contribution in [-0.2, 0) is 4.74 Å². The van der Waals surface area contributed by atoms with E-state index in [1.165, 1.54) is 13.3 Å². The van der Waals surface area contributed by atoms with Gasteiger partial charge in [0.15, 0.2) is 5.82 Å². The number of methoxy groups -OCH3 is 1. The smallest absolute Gasteiger partial charge is 0.257 e. The summed E-state index contributed by atoms with van der Waals surface area (Å²) in [5.41, 5.74) is 2.98. The minimum Gasteiger partial charge on any atom is -0.481 e. The molecule has 1 saturated heterocycles. The lowest BCUT2D eigenvalue weighted by Gasteiger charge is -2.28. The molecule has 30 heavy (non-hydrogen) atoms.